The molecule has 0 bridgehead atoms. The third-order valence-electron chi connectivity index (χ3n) is 3.86. The van der Waals surface area contributed by atoms with Gasteiger partial charge in [0, 0.05) is 36.6 Å². The number of rotatable bonds is 3. The van der Waals surface area contributed by atoms with Crippen molar-refractivity contribution in [2.45, 2.75) is 19.3 Å². The lowest BCUT2D eigenvalue weighted by atomic mass is 9.87. The molecule has 0 unspecified atom stereocenters. The third-order valence-corrected chi connectivity index (χ3v) is 3.86. The Morgan fingerprint density at radius 2 is 2.32 bits per heavy atom. The van der Waals surface area contributed by atoms with Crippen LogP contribution >= 0.6 is 0 Å². The molecule has 0 saturated carbocycles. The molecule has 0 radical (unpaired) electrons. The van der Waals surface area contributed by atoms with E-state index in [1.54, 1.807) is 6.20 Å². The van der Waals surface area contributed by atoms with E-state index in [4.69, 9.17) is 5.26 Å². The Bertz CT molecular complexity index is 753. The Labute approximate surface area is 128 Å². The minimum atomic E-state index is 0.108. The second kappa shape index (κ2) is 5.15. The zero-order chi connectivity index (χ0) is 15.7. The van der Waals surface area contributed by atoms with Gasteiger partial charge in [-0.15, -0.1) is 10.2 Å². The standard InChI is InChI=1S/C15H17N7/c1-15(2)9-22(3)13-5-4-11(6-12(13)15)17-8-10(7-16)14-18-20-21-19-14/h4-6,8,17H,9H2,1-3H3,(H,18,19,20,21). The molecule has 1 aromatic carbocycles. The number of fused-ring (bicyclic) bond motifs is 1. The zero-order valence-electron chi connectivity index (χ0n) is 12.8. The Morgan fingerprint density at radius 3 is 3.00 bits per heavy atom. The molecule has 1 aliphatic rings. The first-order valence-electron chi connectivity index (χ1n) is 6.97. The van der Waals surface area contributed by atoms with Gasteiger partial charge >= 0.3 is 0 Å². The number of aromatic amines is 1. The topological polar surface area (TPSA) is 93.5 Å². The summed E-state index contributed by atoms with van der Waals surface area (Å²) in [5.74, 6) is 0.274. The Balaban J connectivity index is 1.87. The maximum atomic E-state index is 9.16. The van der Waals surface area contributed by atoms with Gasteiger partial charge in [0.25, 0.3) is 0 Å². The summed E-state index contributed by atoms with van der Waals surface area (Å²) >= 11 is 0. The van der Waals surface area contributed by atoms with E-state index in [1.807, 2.05) is 6.07 Å². The average molecular weight is 295 g/mol. The normalized spacial score (nSPS) is 16.3. The first-order valence-corrected chi connectivity index (χ1v) is 6.97. The number of H-pyrrole nitrogens is 1. The average Bonchev–Trinajstić information content (AvgIpc) is 3.08. The molecule has 0 aliphatic carbocycles. The number of nitriles is 1. The van der Waals surface area contributed by atoms with Crippen LogP contribution in [0.4, 0.5) is 11.4 Å². The molecule has 1 aromatic heterocycles. The number of benzene rings is 1. The fourth-order valence-electron chi connectivity index (χ4n) is 2.84. The fraction of sp³-hybridized carbons (Fsp3) is 0.333. The lowest BCUT2D eigenvalue weighted by molar-refractivity contribution is 0.563. The monoisotopic (exact) mass is 295 g/mol. The molecular weight excluding hydrogens is 278 g/mol. The van der Waals surface area contributed by atoms with Crippen LogP contribution in [-0.4, -0.2) is 34.2 Å². The van der Waals surface area contributed by atoms with E-state index in [0.717, 1.165) is 12.2 Å². The molecule has 3 rings (SSSR count). The van der Waals surface area contributed by atoms with Gasteiger partial charge in [0.1, 0.15) is 11.6 Å². The number of nitrogens with one attached hydrogen (secondary N) is 2. The number of likely N-dealkylation sites (N-methyl/N-ethyl adjacent to an activating group) is 1. The zero-order valence-corrected chi connectivity index (χ0v) is 12.8. The van der Waals surface area contributed by atoms with Crippen molar-refractivity contribution in [3.05, 3.63) is 35.8 Å². The minimum absolute atomic E-state index is 0.108. The molecular formula is C15H17N7. The van der Waals surface area contributed by atoms with E-state index in [1.165, 1.54) is 11.3 Å². The Hall–Kier alpha value is -2.88. The van der Waals surface area contributed by atoms with Gasteiger partial charge in [0.2, 0.25) is 5.82 Å². The quantitative estimate of drug-likeness (QED) is 0.840. The lowest BCUT2D eigenvalue weighted by Crippen LogP contribution is -2.24. The molecule has 0 fully saturated rings. The van der Waals surface area contributed by atoms with Crippen LogP contribution in [0.15, 0.2) is 24.4 Å². The van der Waals surface area contributed by atoms with Crippen LogP contribution in [0.3, 0.4) is 0 Å². The molecule has 2 heterocycles. The van der Waals surface area contributed by atoms with Crippen molar-refractivity contribution in [3.8, 4) is 6.07 Å². The van der Waals surface area contributed by atoms with Crippen LogP contribution in [0.2, 0.25) is 0 Å². The van der Waals surface area contributed by atoms with Crippen molar-refractivity contribution < 1.29 is 0 Å². The summed E-state index contributed by atoms with van der Waals surface area (Å²) in [5.41, 5.74) is 3.91. The number of anilines is 2. The lowest BCUT2D eigenvalue weighted by Gasteiger charge is -2.18. The summed E-state index contributed by atoms with van der Waals surface area (Å²) in [6, 6.07) is 8.28. The molecule has 0 amide bonds. The van der Waals surface area contributed by atoms with Gasteiger partial charge in [-0.05, 0) is 29.0 Å². The third kappa shape index (κ3) is 2.39. The highest BCUT2D eigenvalue weighted by atomic mass is 15.5. The maximum Gasteiger partial charge on any atom is 0.216 e. The summed E-state index contributed by atoms with van der Waals surface area (Å²) in [4.78, 5) is 2.26. The van der Waals surface area contributed by atoms with Gasteiger partial charge < -0.3 is 10.2 Å². The number of aromatic nitrogens is 4. The summed E-state index contributed by atoms with van der Waals surface area (Å²) in [6.45, 7) is 5.46. The van der Waals surface area contributed by atoms with Crippen LogP contribution in [-0.2, 0) is 5.41 Å². The first-order chi connectivity index (χ1) is 10.5. The van der Waals surface area contributed by atoms with Gasteiger partial charge in [-0.2, -0.15) is 10.5 Å². The molecule has 2 N–H and O–H groups in total. The van der Waals surface area contributed by atoms with Gasteiger partial charge in [0.15, 0.2) is 0 Å². The Kier molecular flexibility index (Phi) is 3.29. The predicted octanol–water partition coefficient (Wildman–Crippen LogP) is 1.90. The SMILES string of the molecule is CN1CC(C)(C)c2cc(NC=C(C#N)c3nn[nH]n3)ccc21. The van der Waals surface area contributed by atoms with E-state index >= 15 is 0 Å². The summed E-state index contributed by atoms with van der Waals surface area (Å²) in [7, 11) is 2.10. The van der Waals surface area contributed by atoms with Crippen LogP contribution in [0.25, 0.3) is 5.57 Å². The number of allylic oxidation sites excluding steroid dienone is 1. The Morgan fingerprint density at radius 1 is 1.50 bits per heavy atom. The van der Waals surface area contributed by atoms with Crippen LogP contribution < -0.4 is 10.2 Å². The molecule has 22 heavy (non-hydrogen) atoms. The number of hydrogen-bond acceptors (Lipinski definition) is 6. The molecule has 0 saturated heterocycles. The maximum absolute atomic E-state index is 9.16. The summed E-state index contributed by atoms with van der Waals surface area (Å²) in [5, 5.41) is 25.7. The van der Waals surface area contributed by atoms with E-state index in [0.29, 0.717) is 5.57 Å². The predicted molar refractivity (Wildman–Crippen MR) is 84.1 cm³/mol. The summed E-state index contributed by atoms with van der Waals surface area (Å²) < 4.78 is 0. The van der Waals surface area contributed by atoms with Gasteiger partial charge in [-0.1, -0.05) is 13.8 Å². The number of tetrazole rings is 1. The van der Waals surface area contributed by atoms with Crippen molar-refractivity contribution in [1.29, 1.82) is 5.26 Å². The van der Waals surface area contributed by atoms with Crippen molar-refractivity contribution in [1.82, 2.24) is 20.6 Å². The van der Waals surface area contributed by atoms with Crippen molar-refractivity contribution in [2.24, 2.45) is 0 Å². The van der Waals surface area contributed by atoms with Gasteiger partial charge in [0.05, 0.1) is 0 Å². The minimum Gasteiger partial charge on any atom is -0.373 e. The largest absolute Gasteiger partial charge is 0.373 e. The second-order valence-electron chi connectivity index (χ2n) is 6.02. The van der Waals surface area contributed by atoms with Crippen LogP contribution in [0.5, 0.6) is 0 Å². The van der Waals surface area contributed by atoms with E-state index in [-0.39, 0.29) is 11.2 Å². The van der Waals surface area contributed by atoms with E-state index < -0.39 is 0 Å². The van der Waals surface area contributed by atoms with E-state index in [9.17, 15) is 0 Å². The molecule has 2 aromatic rings. The molecule has 0 atom stereocenters. The molecule has 0 spiro atoms. The van der Waals surface area contributed by atoms with E-state index in [2.05, 4.69) is 69.9 Å². The van der Waals surface area contributed by atoms with Crippen LogP contribution in [0, 0.1) is 11.3 Å². The first kappa shape index (κ1) is 14.1. The fourth-order valence-corrected chi connectivity index (χ4v) is 2.84. The highest BCUT2D eigenvalue weighted by Crippen LogP contribution is 2.40. The highest BCUT2D eigenvalue weighted by molar-refractivity contribution is 5.75. The molecule has 7 heteroatoms. The molecule has 7 nitrogen and oxygen atoms in total. The second-order valence-corrected chi connectivity index (χ2v) is 6.02. The van der Waals surface area contributed by atoms with Gasteiger partial charge in [-0.3, -0.25) is 0 Å². The van der Waals surface area contributed by atoms with Gasteiger partial charge in [-0.25, -0.2) is 0 Å². The number of hydrogen-bond donors (Lipinski definition) is 2. The summed E-state index contributed by atoms with van der Waals surface area (Å²) in [6.07, 6.45) is 1.60. The van der Waals surface area contributed by atoms with Crippen molar-refractivity contribution >= 4 is 16.9 Å². The highest BCUT2D eigenvalue weighted by Gasteiger charge is 2.33. The van der Waals surface area contributed by atoms with Crippen molar-refractivity contribution in [3.63, 3.8) is 0 Å². The molecule has 1 aliphatic heterocycles. The molecule has 112 valence electrons. The number of nitrogens with zero attached hydrogens (tertiary/aromatic N) is 5. The van der Waals surface area contributed by atoms with Crippen LogP contribution in [0.1, 0.15) is 25.2 Å². The van der Waals surface area contributed by atoms with Crippen molar-refractivity contribution in [2.75, 3.05) is 23.8 Å². The smallest absolute Gasteiger partial charge is 0.216 e.